The van der Waals surface area contributed by atoms with Crippen LogP contribution < -0.4 is 5.73 Å². The Bertz CT molecular complexity index is 696. The minimum absolute atomic E-state index is 0.0434. The lowest BCUT2D eigenvalue weighted by Crippen LogP contribution is -2.08. The largest absolute Gasteiger partial charge is 0.382 e. The molecule has 0 radical (unpaired) electrons. The molecule has 2 aromatic rings. The number of nitrogens with zero attached hydrogens (tertiary/aromatic N) is 3. The number of rotatable bonds is 2. The number of nitro groups is 1. The molecule has 2 N–H and O–H groups in total. The van der Waals surface area contributed by atoms with Gasteiger partial charge in [-0.2, -0.15) is 5.10 Å². The van der Waals surface area contributed by atoms with Crippen LogP contribution in [0.3, 0.4) is 0 Å². The molecule has 104 valence electrons. The Morgan fingerprint density at radius 1 is 1.35 bits per heavy atom. The number of nitrogen functional groups attached to an aromatic ring is 1. The molecule has 1 aliphatic carbocycles. The molecule has 7 heteroatoms. The molecule has 0 spiro atoms. The van der Waals surface area contributed by atoms with Crippen molar-refractivity contribution in [3.8, 4) is 5.69 Å². The van der Waals surface area contributed by atoms with Gasteiger partial charge in [0, 0.05) is 27.9 Å². The van der Waals surface area contributed by atoms with E-state index in [-0.39, 0.29) is 5.69 Å². The van der Waals surface area contributed by atoms with Gasteiger partial charge in [0.25, 0.3) is 5.69 Å². The second-order valence-corrected chi connectivity index (χ2v) is 5.68. The minimum Gasteiger partial charge on any atom is -0.382 e. The van der Waals surface area contributed by atoms with Gasteiger partial charge in [-0.1, -0.05) is 0 Å². The van der Waals surface area contributed by atoms with E-state index in [2.05, 4.69) is 21.0 Å². The molecule has 1 aliphatic rings. The topological polar surface area (TPSA) is 87.0 Å². The maximum atomic E-state index is 10.9. The summed E-state index contributed by atoms with van der Waals surface area (Å²) in [4.78, 5) is 10.5. The zero-order valence-electron chi connectivity index (χ0n) is 10.7. The van der Waals surface area contributed by atoms with Crippen molar-refractivity contribution >= 4 is 27.4 Å². The van der Waals surface area contributed by atoms with E-state index in [9.17, 15) is 10.1 Å². The van der Waals surface area contributed by atoms with Gasteiger partial charge in [-0.15, -0.1) is 0 Å². The SMILES string of the molecule is Nc1nn(-c2cc([N+](=O)[O-])ccc2Br)c2c1CCCC2. The molecule has 6 nitrogen and oxygen atoms in total. The lowest BCUT2D eigenvalue weighted by atomic mass is 9.97. The average molecular weight is 337 g/mol. The van der Waals surface area contributed by atoms with Crippen LogP contribution in [0.25, 0.3) is 5.69 Å². The summed E-state index contributed by atoms with van der Waals surface area (Å²) < 4.78 is 2.50. The predicted molar refractivity (Wildman–Crippen MR) is 79.0 cm³/mol. The van der Waals surface area contributed by atoms with Gasteiger partial charge >= 0.3 is 0 Å². The van der Waals surface area contributed by atoms with Crippen molar-refractivity contribution in [1.82, 2.24) is 9.78 Å². The summed E-state index contributed by atoms with van der Waals surface area (Å²) in [6, 6.07) is 4.65. The lowest BCUT2D eigenvalue weighted by Gasteiger charge is -2.14. The Morgan fingerprint density at radius 3 is 2.85 bits per heavy atom. The Labute approximate surface area is 123 Å². The van der Waals surface area contributed by atoms with Crippen LogP contribution in [0, 0.1) is 10.1 Å². The lowest BCUT2D eigenvalue weighted by molar-refractivity contribution is -0.384. The molecule has 0 saturated heterocycles. The third-order valence-electron chi connectivity index (χ3n) is 3.58. The number of fused-ring (bicyclic) bond motifs is 1. The van der Waals surface area contributed by atoms with Crippen LogP contribution in [-0.4, -0.2) is 14.7 Å². The summed E-state index contributed by atoms with van der Waals surface area (Å²) in [6.45, 7) is 0. The van der Waals surface area contributed by atoms with Crippen LogP contribution in [0.4, 0.5) is 11.5 Å². The first-order chi connectivity index (χ1) is 9.58. The zero-order chi connectivity index (χ0) is 14.3. The maximum Gasteiger partial charge on any atom is 0.271 e. The van der Waals surface area contributed by atoms with Crippen LogP contribution in [0.5, 0.6) is 0 Å². The number of hydrogen-bond acceptors (Lipinski definition) is 4. The summed E-state index contributed by atoms with van der Waals surface area (Å²) in [5.41, 5.74) is 8.81. The van der Waals surface area contributed by atoms with Crippen molar-refractivity contribution in [3.05, 3.63) is 44.0 Å². The third kappa shape index (κ3) is 2.07. The van der Waals surface area contributed by atoms with Gasteiger partial charge < -0.3 is 5.73 Å². The molecule has 3 rings (SSSR count). The highest BCUT2D eigenvalue weighted by molar-refractivity contribution is 9.10. The fraction of sp³-hybridized carbons (Fsp3) is 0.308. The molecule has 0 aliphatic heterocycles. The summed E-state index contributed by atoms with van der Waals surface area (Å²) in [5, 5.41) is 15.3. The minimum atomic E-state index is -0.407. The maximum absolute atomic E-state index is 10.9. The summed E-state index contributed by atoms with van der Waals surface area (Å²) in [7, 11) is 0. The number of non-ortho nitro benzene ring substituents is 1. The Kier molecular flexibility index (Phi) is 3.21. The highest BCUT2D eigenvalue weighted by Gasteiger charge is 2.22. The zero-order valence-corrected chi connectivity index (χ0v) is 12.3. The van der Waals surface area contributed by atoms with Crippen LogP contribution >= 0.6 is 15.9 Å². The predicted octanol–water partition coefficient (Wildman–Crippen LogP) is 3.00. The van der Waals surface area contributed by atoms with E-state index in [0.717, 1.165) is 41.4 Å². The van der Waals surface area contributed by atoms with Gasteiger partial charge in [0.1, 0.15) is 5.82 Å². The highest BCUT2D eigenvalue weighted by atomic mass is 79.9. The number of anilines is 1. The van der Waals surface area contributed by atoms with E-state index in [1.165, 1.54) is 12.1 Å². The quantitative estimate of drug-likeness (QED) is 0.674. The van der Waals surface area contributed by atoms with Crippen molar-refractivity contribution < 1.29 is 4.92 Å². The van der Waals surface area contributed by atoms with Crippen LogP contribution in [-0.2, 0) is 12.8 Å². The Hall–Kier alpha value is -1.89. The van der Waals surface area contributed by atoms with E-state index in [1.54, 1.807) is 10.7 Å². The molecule has 0 saturated carbocycles. The Morgan fingerprint density at radius 2 is 2.10 bits per heavy atom. The van der Waals surface area contributed by atoms with E-state index >= 15 is 0 Å². The first kappa shape index (κ1) is 13.1. The molecule has 0 fully saturated rings. The van der Waals surface area contributed by atoms with Gasteiger partial charge in [-0.05, 0) is 47.7 Å². The van der Waals surface area contributed by atoms with Crippen LogP contribution in [0.2, 0.25) is 0 Å². The average Bonchev–Trinajstić information content (AvgIpc) is 2.77. The molecule has 0 atom stereocenters. The first-order valence-corrected chi connectivity index (χ1v) is 7.18. The summed E-state index contributed by atoms with van der Waals surface area (Å²) in [6.07, 6.45) is 4.02. The standard InChI is InChI=1S/C13H13BrN4O2/c14-10-6-5-8(18(19)20)7-12(10)17-11-4-2-1-3-9(11)13(15)16-17/h5-7H,1-4H2,(H2,15,16). The summed E-state index contributed by atoms with van der Waals surface area (Å²) >= 11 is 3.43. The molecule has 0 bridgehead atoms. The van der Waals surface area contributed by atoms with Gasteiger partial charge in [-0.25, -0.2) is 4.68 Å². The highest BCUT2D eigenvalue weighted by Crippen LogP contribution is 2.32. The number of nitrogens with two attached hydrogens (primary N) is 1. The Balaban J connectivity index is 2.18. The van der Waals surface area contributed by atoms with Crippen molar-refractivity contribution in [2.45, 2.75) is 25.7 Å². The second-order valence-electron chi connectivity index (χ2n) is 4.82. The first-order valence-electron chi connectivity index (χ1n) is 6.38. The fourth-order valence-corrected chi connectivity index (χ4v) is 3.02. The smallest absolute Gasteiger partial charge is 0.271 e. The number of hydrogen-bond donors (Lipinski definition) is 1. The van der Waals surface area contributed by atoms with Crippen LogP contribution in [0.15, 0.2) is 22.7 Å². The van der Waals surface area contributed by atoms with E-state index in [0.29, 0.717) is 11.5 Å². The van der Waals surface area contributed by atoms with Crippen molar-refractivity contribution in [1.29, 1.82) is 0 Å². The van der Waals surface area contributed by atoms with Gasteiger partial charge in [-0.3, -0.25) is 10.1 Å². The molecule has 1 aromatic heterocycles. The normalized spacial score (nSPS) is 14.1. The van der Waals surface area contributed by atoms with Gasteiger partial charge in [0.05, 0.1) is 10.6 Å². The van der Waals surface area contributed by atoms with Gasteiger partial charge in [0.2, 0.25) is 0 Å². The molecule has 1 heterocycles. The summed E-state index contributed by atoms with van der Waals surface area (Å²) in [5.74, 6) is 0.526. The number of aromatic nitrogens is 2. The van der Waals surface area contributed by atoms with Crippen molar-refractivity contribution in [2.75, 3.05) is 5.73 Å². The van der Waals surface area contributed by atoms with Crippen LogP contribution in [0.1, 0.15) is 24.1 Å². The fourth-order valence-electron chi connectivity index (χ4n) is 2.60. The molecule has 1 aromatic carbocycles. The molecule has 0 unspecified atom stereocenters. The number of halogens is 1. The molecule has 0 amide bonds. The monoisotopic (exact) mass is 336 g/mol. The molecular weight excluding hydrogens is 324 g/mol. The van der Waals surface area contributed by atoms with Crippen molar-refractivity contribution in [2.24, 2.45) is 0 Å². The van der Waals surface area contributed by atoms with Crippen molar-refractivity contribution in [3.63, 3.8) is 0 Å². The van der Waals surface area contributed by atoms with E-state index in [4.69, 9.17) is 5.73 Å². The van der Waals surface area contributed by atoms with E-state index in [1.807, 2.05) is 0 Å². The second kappa shape index (κ2) is 4.90. The van der Waals surface area contributed by atoms with E-state index < -0.39 is 4.92 Å². The number of benzene rings is 1. The number of nitro benzene ring substituents is 1. The molecule has 20 heavy (non-hydrogen) atoms. The molecular formula is C13H13BrN4O2. The van der Waals surface area contributed by atoms with Gasteiger partial charge in [0.15, 0.2) is 0 Å². The third-order valence-corrected chi connectivity index (χ3v) is 4.25.